The van der Waals surface area contributed by atoms with E-state index < -0.39 is 0 Å². The van der Waals surface area contributed by atoms with Crippen molar-refractivity contribution < 1.29 is 4.79 Å². The largest absolute Gasteiger partial charge is 0.354 e. The normalized spacial score (nSPS) is 14.4. The molecule has 1 N–H and O–H groups in total. The number of pyridine rings is 1. The van der Waals surface area contributed by atoms with Gasteiger partial charge in [0.15, 0.2) is 0 Å². The van der Waals surface area contributed by atoms with Crippen molar-refractivity contribution >= 4 is 34.3 Å². The third-order valence-electron chi connectivity index (χ3n) is 7.72. The Kier molecular flexibility index (Phi) is 18.3. The van der Waals surface area contributed by atoms with Crippen molar-refractivity contribution in [3.63, 3.8) is 0 Å². The summed E-state index contributed by atoms with van der Waals surface area (Å²) in [5.74, 6) is 0.979. The van der Waals surface area contributed by atoms with Gasteiger partial charge in [-0.2, -0.15) is 0 Å². The van der Waals surface area contributed by atoms with Gasteiger partial charge in [-0.05, 0) is 43.2 Å². The first kappa shape index (κ1) is 32.3. The summed E-state index contributed by atoms with van der Waals surface area (Å²) in [6.45, 7) is 9.40. The number of piperazine rings is 1. The van der Waals surface area contributed by atoms with Crippen molar-refractivity contribution in [2.45, 2.75) is 123 Å². The van der Waals surface area contributed by atoms with Crippen LogP contribution in [0.5, 0.6) is 0 Å². The maximum Gasteiger partial charge on any atom is 0.252 e. The smallest absolute Gasteiger partial charge is 0.252 e. The lowest BCUT2D eigenvalue weighted by atomic mass is 10.0. The molecule has 0 atom stereocenters. The van der Waals surface area contributed by atoms with Crippen LogP contribution in [0, 0.1) is 0 Å². The number of hydrogen-bond acceptors (Lipinski definition) is 4. The van der Waals surface area contributed by atoms with E-state index in [1.165, 1.54) is 101 Å². The van der Waals surface area contributed by atoms with E-state index in [2.05, 4.69) is 56.5 Å². The van der Waals surface area contributed by atoms with Crippen LogP contribution in [-0.4, -0.2) is 59.0 Å². The second-order valence-corrected chi connectivity index (χ2v) is 12.2. The zero-order valence-corrected chi connectivity index (χ0v) is 26.2. The number of rotatable bonds is 21. The van der Waals surface area contributed by atoms with E-state index in [0.717, 1.165) is 45.0 Å². The maximum atomic E-state index is 12.5. The molecule has 0 saturated carbocycles. The number of alkyl halides is 1. The van der Waals surface area contributed by atoms with Crippen LogP contribution >= 0.6 is 22.6 Å². The Morgan fingerprint density at radius 1 is 0.784 bits per heavy atom. The van der Waals surface area contributed by atoms with E-state index in [-0.39, 0.29) is 5.91 Å². The Morgan fingerprint density at radius 3 is 1.70 bits per heavy atom. The zero-order chi connectivity index (χ0) is 26.6. The van der Waals surface area contributed by atoms with Crippen LogP contribution in [0.3, 0.4) is 0 Å². The van der Waals surface area contributed by atoms with Gasteiger partial charge in [0.1, 0.15) is 5.82 Å². The predicted octanol–water partition coefficient (Wildman–Crippen LogP) is 8.02. The van der Waals surface area contributed by atoms with Gasteiger partial charge in [0.2, 0.25) is 0 Å². The number of nitrogens with one attached hydrogen (secondary N) is 1. The lowest BCUT2D eigenvalue weighted by Crippen LogP contribution is -2.49. The number of aromatic nitrogens is 1. The Bertz CT molecular complexity index is 689. The van der Waals surface area contributed by atoms with Crippen molar-refractivity contribution in [2.75, 3.05) is 42.1 Å². The molecule has 1 saturated heterocycles. The highest BCUT2D eigenvalue weighted by Crippen LogP contribution is 2.16. The van der Waals surface area contributed by atoms with Crippen LogP contribution in [-0.2, 0) is 0 Å². The fourth-order valence-corrected chi connectivity index (χ4v) is 5.71. The molecule has 2 rings (SSSR count). The molecular formula is C31H55IN4O. The number of halogens is 1. The van der Waals surface area contributed by atoms with Gasteiger partial charge in [-0.25, -0.2) is 4.98 Å². The van der Waals surface area contributed by atoms with E-state index in [1.807, 2.05) is 12.1 Å². The summed E-state index contributed by atoms with van der Waals surface area (Å²) in [5.41, 5.74) is 0.663. The summed E-state index contributed by atoms with van der Waals surface area (Å²) < 4.78 is 1.32. The van der Waals surface area contributed by atoms with Crippen molar-refractivity contribution in [3.05, 3.63) is 23.9 Å². The topological polar surface area (TPSA) is 48.5 Å². The standard InChI is InChI=1S/C31H55IN4O/c1-28(2)35-23-25-36(26-24-35)30-20-19-29(27-34-30)31(37)33-22-18-16-14-12-10-8-6-4-3-5-7-9-11-13-15-17-21-32/h19-20,27-28H,3-18,21-26H2,1-2H3,(H,33,37). The highest BCUT2D eigenvalue weighted by atomic mass is 127. The third kappa shape index (κ3) is 14.7. The van der Waals surface area contributed by atoms with E-state index in [9.17, 15) is 4.79 Å². The molecule has 0 aliphatic carbocycles. The third-order valence-corrected chi connectivity index (χ3v) is 8.49. The number of hydrogen-bond donors (Lipinski definition) is 1. The molecule has 37 heavy (non-hydrogen) atoms. The Balaban J connectivity index is 1.39. The second-order valence-electron chi connectivity index (χ2n) is 11.1. The van der Waals surface area contributed by atoms with Crippen LogP contribution in [0.2, 0.25) is 0 Å². The molecule has 1 fully saturated rings. The average molecular weight is 627 g/mol. The summed E-state index contributed by atoms with van der Waals surface area (Å²) in [6, 6.07) is 4.51. The number of anilines is 1. The van der Waals surface area contributed by atoms with Gasteiger partial charge >= 0.3 is 0 Å². The van der Waals surface area contributed by atoms with Gasteiger partial charge in [-0.3, -0.25) is 9.69 Å². The minimum absolute atomic E-state index is 0.000115. The van der Waals surface area contributed by atoms with Gasteiger partial charge in [0.05, 0.1) is 5.56 Å². The Hall–Kier alpha value is -0.890. The number of nitrogens with zero attached hydrogens (tertiary/aromatic N) is 3. The number of amides is 1. The minimum atomic E-state index is -0.000115. The van der Waals surface area contributed by atoms with Crippen LogP contribution in [0.1, 0.15) is 127 Å². The molecule has 1 aromatic rings. The second kappa shape index (κ2) is 21.0. The molecule has 1 amide bonds. The number of unbranched alkanes of at least 4 members (excludes halogenated alkanes) is 15. The van der Waals surface area contributed by atoms with Crippen molar-refractivity contribution in [3.8, 4) is 0 Å². The first-order valence-electron chi connectivity index (χ1n) is 15.4. The summed E-state index contributed by atoms with van der Waals surface area (Å²) in [7, 11) is 0. The molecule has 0 aromatic carbocycles. The molecule has 1 aliphatic rings. The monoisotopic (exact) mass is 626 g/mol. The van der Waals surface area contributed by atoms with Crippen molar-refractivity contribution in [1.82, 2.24) is 15.2 Å². The zero-order valence-electron chi connectivity index (χ0n) is 24.0. The molecule has 1 aliphatic heterocycles. The first-order valence-corrected chi connectivity index (χ1v) is 16.9. The lowest BCUT2D eigenvalue weighted by molar-refractivity contribution is 0.0952. The van der Waals surface area contributed by atoms with Gasteiger partial charge in [0.25, 0.3) is 5.91 Å². The average Bonchev–Trinajstić information content (AvgIpc) is 2.92. The van der Waals surface area contributed by atoms with Crippen LogP contribution < -0.4 is 10.2 Å². The van der Waals surface area contributed by atoms with Gasteiger partial charge in [-0.1, -0.05) is 112 Å². The lowest BCUT2D eigenvalue weighted by Gasteiger charge is -2.37. The van der Waals surface area contributed by atoms with E-state index in [4.69, 9.17) is 0 Å². The predicted molar refractivity (Wildman–Crippen MR) is 168 cm³/mol. The molecule has 0 bridgehead atoms. The number of carbonyl (C=O) groups excluding carboxylic acids is 1. The highest BCUT2D eigenvalue weighted by Gasteiger charge is 2.19. The van der Waals surface area contributed by atoms with Gasteiger partial charge in [0, 0.05) is 45.0 Å². The Morgan fingerprint density at radius 2 is 1.27 bits per heavy atom. The molecular weight excluding hydrogens is 571 g/mol. The minimum Gasteiger partial charge on any atom is -0.354 e. The molecule has 212 valence electrons. The van der Waals surface area contributed by atoms with Crippen LogP contribution in [0.15, 0.2) is 18.3 Å². The van der Waals surface area contributed by atoms with Crippen molar-refractivity contribution in [1.29, 1.82) is 0 Å². The molecule has 0 spiro atoms. The summed E-state index contributed by atoms with van der Waals surface area (Å²) in [6.07, 6.45) is 23.7. The molecule has 5 nitrogen and oxygen atoms in total. The maximum absolute atomic E-state index is 12.5. The molecule has 1 aromatic heterocycles. The van der Waals surface area contributed by atoms with E-state index in [0.29, 0.717) is 11.6 Å². The van der Waals surface area contributed by atoms with E-state index in [1.54, 1.807) is 6.20 Å². The SMILES string of the molecule is CC(C)N1CCN(c2ccc(C(=O)NCCCCCCCCCCCCCCCCCCI)cn2)CC1. The number of carbonyl (C=O) groups is 1. The fourth-order valence-electron chi connectivity index (χ4n) is 5.17. The summed E-state index contributed by atoms with van der Waals surface area (Å²) in [5, 5.41) is 3.07. The molecule has 0 radical (unpaired) electrons. The highest BCUT2D eigenvalue weighted by molar-refractivity contribution is 14.1. The van der Waals surface area contributed by atoms with Crippen LogP contribution in [0.4, 0.5) is 5.82 Å². The first-order chi connectivity index (χ1) is 18.1. The summed E-state index contributed by atoms with van der Waals surface area (Å²) in [4.78, 5) is 21.8. The quantitative estimate of drug-likeness (QED) is 0.0853. The molecule has 0 unspecified atom stereocenters. The van der Waals surface area contributed by atoms with Crippen molar-refractivity contribution in [2.24, 2.45) is 0 Å². The summed E-state index contributed by atoms with van der Waals surface area (Å²) >= 11 is 2.48. The van der Waals surface area contributed by atoms with E-state index >= 15 is 0 Å². The molecule has 2 heterocycles. The fraction of sp³-hybridized carbons (Fsp3) is 0.806. The molecule has 6 heteroatoms. The van der Waals surface area contributed by atoms with Crippen LogP contribution in [0.25, 0.3) is 0 Å². The van der Waals surface area contributed by atoms with Gasteiger partial charge in [-0.15, -0.1) is 0 Å². The Labute approximate surface area is 242 Å². The van der Waals surface area contributed by atoms with Gasteiger partial charge < -0.3 is 10.2 Å².